The summed E-state index contributed by atoms with van der Waals surface area (Å²) in [5, 5.41) is 15.2. The van der Waals surface area contributed by atoms with Crippen molar-refractivity contribution < 1.29 is 14.6 Å². The number of hydrogen-bond acceptors (Lipinski definition) is 4. The van der Waals surface area contributed by atoms with Gasteiger partial charge in [0, 0.05) is 19.1 Å². The number of ether oxygens (including phenoxy) is 1. The smallest absolute Gasteiger partial charge is 0.407 e. The Morgan fingerprint density at radius 2 is 2.17 bits per heavy atom. The van der Waals surface area contributed by atoms with E-state index < -0.39 is 12.2 Å². The van der Waals surface area contributed by atoms with E-state index in [0.29, 0.717) is 19.5 Å². The van der Waals surface area contributed by atoms with Crippen molar-refractivity contribution >= 4 is 6.09 Å². The first-order valence-corrected chi connectivity index (χ1v) is 6.10. The maximum atomic E-state index is 11.5. The van der Waals surface area contributed by atoms with Crippen molar-refractivity contribution in [3.63, 3.8) is 0 Å². The zero-order chi connectivity index (χ0) is 12.8. The molecule has 1 aromatic carbocycles. The van der Waals surface area contributed by atoms with Gasteiger partial charge in [-0.2, -0.15) is 0 Å². The highest BCUT2D eigenvalue weighted by atomic mass is 16.5. The first-order chi connectivity index (χ1) is 8.74. The highest BCUT2D eigenvalue weighted by molar-refractivity contribution is 5.67. The normalized spacial score (nSPS) is 23.4. The van der Waals surface area contributed by atoms with Gasteiger partial charge in [0.15, 0.2) is 0 Å². The van der Waals surface area contributed by atoms with Gasteiger partial charge in [0.1, 0.15) is 6.61 Å². The molecule has 1 heterocycles. The zero-order valence-corrected chi connectivity index (χ0v) is 10.1. The molecule has 2 atom stereocenters. The van der Waals surface area contributed by atoms with Gasteiger partial charge in [-0.3, -0.25) is 0 Å². The third-order valence-corrected chi connectivity index (χ3v) is 2.86. The van der Waals surface area contributed by atoms with E-state index in [1.54, 1.807) is 0 Å². The second-order valence-electron chi connectivity index (χ2n) is 4.45. The van der Waals surface area contributed by atoms with E-state index >= 15 is 0 Å². The van der Waals surface area contributed by atoms with Crippen molar-refractivity contribution in [1.29, 1.82) is 0 Å². The van der Waals surface area contributed by atoms with Crippen LogP contribution in [0.1, 0.15) is 12.0 Å². The average molecular weight is 250 g/mol. The molecule has 1 aliphatic heterocycles. The van der Waals surface area contributed by atoms with Gasteiger partial charge in [-0.1, -0.05) is 30.3 Å². The SMILES string of the molecule is O=C(N[C@H]1CNC[C@H](O)C1)OCc1ccccc1. The summed E-state index contributed by atoms with van der Waals surface area (Å²) in [7, 11) is 0. The summed E-state index contributed by atoms with van der Waals surface area (Å²) in [5.74, 6) is 0. The van der Waals surface area contributed by atoms with Crippen molar-refractivity contribution in [1.82, 2.24) is 10.6 Å². The average Bonchev–Trinajstić information content (AvgIpc) is 2.38. The minimum absolute atomic E-state index is 0.0722. The Kier molecular flexibility index (Phi) is 4.55. The van der Waals surface area contributed by atoms with E-state index in [0.717, 1.165) is 5.56 Å². The number of aliphatic hydroxyl groups is 1. The number of carbonyl (C=O) groups is 1. The molecule has 0 aromatic heterocycles. The molecule has 0 spiro atoms. The number of rotatable bonds is 3. The Balaban J connectivity index is 1.72. The monoisotopic (exact) mass is 250 g/mol. The molecule has 2 rings (SSSR count). The summed E-state index contributed by atoms with van der Waals surface area (Å²) in [6, 6.07) is 9.45. The van der Waals surface area contributed by atoms with Crippen LogP contribution in [0.3, 0.4) is 0 Å². The van der Waals surface area contributed by atoms with E-state index in [-0.39, 0.29) is 12.6 Å². The number of piperidine rings is 1. The van der Waals surface area contributed by atoms with Gasteiger partial charge in [0.2, 0.25) is 0 Å². The van der Waals surface area contributed by atoms with Crippen LogP contribution in [0.5, 0.6) is 0 Å². The van der Waals surface area contributed by atoms with Gasteiger partial charge < -0.3 is 20.5 Å². The van der Waals surface area contributed by atoms with Crippen LogP contribution in [0.25, 0.3) is 0 Å². The number of alkyl carbamates (subject to hydrolysis) is 1. The minimum atomic E-state index is -0.445. The molecule has 1 saturated heterocycles. The lowest BCUT2D eigenvalue weighted by atomic mass is 10.1. The summed E-state index contributed by atoms with van der Waals surface area (Å²) >= 11 is 0. The number of benzene rings is 1. The fraction of sp³-hybridized carbons (Fsp3) is 0.462. The Labute approximate surface area is 106 Å². The van der Waals surface area contributed by atoms with Gasteiger partial charge >= 0.3 is 6.09 Å². The highest BCUT2D eigenvalue weighted by Crippen LogP contribution is 2.04. The predicted molar refractivity (Wildman–Crippen MR) is 67.0 cm³/mol. The number of β-amino-alcohol motifs (C(OH)–C–C–N with tert-alkyl or cyclic N) is 1. The number of nitrogens with one attached hydrogen (secondary N) is 2. The third kappa shape index (κ3) is 4.01. The second-order valence-corrected chi connectivity index (χ2v) is 4.45. The van der Waals surface area contributed by atoms with E-state index in [9.17, 15) is 9.90 Å². The second kappa shape index (κ2) is 6.37. The molecule has 1 fully saturated rings. The van der Waals surface area contributed by atoms with Crippen molar-refractivity contribution in [3.8, 4) is 0 Å². The number of amides is 1. The standard InChI is InChI=1S/C13H18N2O3/c16-12-6-11(7-14-8-12)15-13(17)18-9-10-4-2-1-3-5-10/h1-5,11-12,14,16H,6-9H2,(H,15,17)/t11-,12-/m1/s1. The van der Waals surface area contributed by atoms with Gasteiger partial charge in [-0.05, 0) is 12.0 Å². The maximum absolute atomic E-state index is 11.5. The number of aliphatic hydroxyl groups excluding tert-OH is 1. The van der Waals surface area contributed by atoms with Crippen molar-refractivity contribution in [2.45, 2.75) is 25.2 Å². The quantitative estimate of drug-likeness (QED) is 0.736. The predicted octanol–water partition coefficient (Wildman–Crippen LogP) is 0.636. The third-order valence-electron chi connectivity index (χ3n) is 2.86. The molecule has 18 heavy (non-hydrogen) atoms. The van der Waals surface area contributed by atoms with Crippen LogP contribution in [0, 0.1) is 0 Å². The van der Waals surface area contributed by atoms with Crippen LogP contribution >= 0.6 is 0 Å². The lowest BCUT2D eigenvalue weighted by Crippen LogP contribution is -2.50. The van der Waals surface area contributed by atoms with Crippen LogP contribution in [-0.2, 0) is 11.3 Å². The molecule has 0 unspecified atom stereocenters. The van der Waals surface area contributed by atoms with Gasteiger partial charge in [0.25, 0.3) is 0 Å². The van der Waals surface area contributed by atoms with Crippen LogP contribution in [-0.4, -0.2) is 36.4 Å². The summed E-state index contributed by atoms with van der Waals surface area (Å²) in [4.78, 5) is 11.5. The highest BCUT2D eigenvalue weighted by Gasteiger charge is 2.21. The van der Waals surface area contributed by atoms with Gasteiger partial charge in [-0.15, -0.1) is 0 Å². The van der Waals surface area contributed by atoms with E-state index in [4.69, 9.17) is 4.74 Å². The van der Waals surface area contributed by atoms with Crippen molar-refractivity contribution in [3.05, 3.63) is 35.9 Å². The summed E-state index contributed by atoms with van der Waals surface area (Å²) in [6.07, 6.45) is -0.286. The fourth-order valence-electron chi connectivity index (χ4n) is 1.96. The topological polar surface area (TPSA) is 70.6 Å². The molecule has 3 N–H and O–H groups in total. The van der Waals surface area contributed by atoms with Gasteiger partial charge in [-0.25, -0.2) is 4.79 Å². The molecule has 0 aliphatic carbocycles. The first-order valence-electron chi connectivity index (χ1n) is 6.10. The Hall–Kier alpha value is -1.59. The molecule has 98 valence electrons. The Bertz CT molecular complexity index is 383. The Morgan fingerprint density at radius 3 is 2.89 bits per heavy atom. The summed E-state index contributed by atoms with van der Waals surface area (Å²) in [6.45, 7) is 1.50. The molecule has 0 radical (unpaired) electrons. The maximum Gasteiger partial charge on any atom is 0.407 e. The molecule has 1 aromatic rings. The number of hydrogen-bond donors (Lipinski definition) is 3. The number of carbonyl (C=O) groups excluding carboxylic acids is 1. The van der Waals surface area contributed by atoms with Crippen LogP contribution in [0.15, 0.2) is 30.3 Å². The Morgan fingerprint density at radius 1 is 1.39 bits per heavy atom. The van der Waals surface area contributed by atoms with Gasteiger partial charge in [0.05, 0.1) is 6.10 Å². The fourth-order valence-corrected chi connectivity index (χ4v) is 1.96. The molecule has 5 heteroatoms. The summed E-state index contributed by atoms with van der Waals surface area (Å²) in [5.41, 5.74) is 0.953. The van der Waals surface area contributed by atoms with E-state index in [2.05, 4.69) is 10.6 Å². The van der Waals surface area contributed by atoms with Crippen molar-refractivity contribution in [2.24, 2.45) is 0 Å². The van der Waals surface area contributed by atoms with Crippen LogP contribution in [0.2, 0.25) is 0 Å². The van der Waals surface area contributed by atoms with Crippen LogP contribution in [0.4, 0.5) is 4.79 Å². The minimum Gasteiger partial charge on any atom is -0.445 e. The summed E-state index contributed by atoms with van der Waals surface area (Å²) < 4.78 is 5.11. The largest absolute Gasteiger partial charge is 0.445 e. The lowest BCUT2D eigenvalue weighted by molar-refractivity contribution is 0.108. The molecule has 0 bridgehead atoms. The lowest BCUT2D eigenvalue weighted by Gasteiger charge is -2.27. The molecular formula is C13H18N2O3. The first kappa shape index (κ1) is 12.9. The molecular weight excluding hydrogens is 232 g/mol. The van der Waals surface area contributed by atoms with Crippen LogP contribution < -0.4 is 10.6 Å². The molecule has 1 amide bonds. The van der Waals surface area contributed by atoms with E-state index in [1.165, 1.54) is 0 Å². The molecule has 5 nitrogen and oxygen atoms in total. The molecule has 1 aliphatic rings. The zero-order valence-electron chi connectivity index (χ0n) is 10.1. The van der Waals surface area contributed by atoms with Crippen molar-refractivity contribution in [2.75, 3.05) is 13.1 Å². The molecule has 0 saturated carbocycles. The van der Waals surface area contributed by atoms with E-state index in [1.807, 2.05) is 30.3 Å².